The van der Waals surface area contributed by atoms with Gasteiger partial charge in [-0.25, -0.2) is 12.7 Å². The van der Waals surface area contributed by atoms with Gasteiger partial charge in [-0.2, -0.15) is 0 Å². The number of benzene rings is 3. The lowest BCUT2D eigenvalue weighted by Gasteiger charge is -2.24. The molecule has 4 rings (SSSR count). The Bertz CT molecular complexity index is 1470. The van der Waals surface area contributed by atoms with Crippen LogP contribution in [0.2, 0.25) is 0 Å². The van der Waals surface area contributed by atoms with Gasteiger partial charge >= 0.3 is 0 Å². The van der Waals surface area contributed by atoms with E-state index >= 15 is 0 Å². The van der Waals surface area contributed by atoms with Gasteiger partial charge in [0.25, 0.3) is 10.0 Å². The summed E-state index contributed by atoms with van der Waals surface area (Å²) < 4.78 is 52.1. The number of fused-ring (bicyclic) bond motifs is 1. The molecular formula is C25H25BrN2O6S. The van der Waals surface area contributed by atoms with Crippen LogP contribution in [0.4, 0.5) is 5.82 Å². The minimum Gasteiger partial charge on any atom is -0.497 e. The molecule has 184 valence electrons. The minimum atomic E-state index is -4.16. The fraction of sp³-hybridized carbons (Fsp3) is 0.240. The number of hydrogen-bond acceptors (Lipinski definition) is 7. The third-order valence-corrected chi connectivity index (χ3v) is 8.06. The SMILES string of the molecule is CCc1ccc(OC)c(S(=O)(=O)N(Cc2ccc(OC)cc2OC)c2noc3c(Br)cccc23)c1. The Labute approximate surface area is 212 Å². The predicted molar refractivity (Wildman–Crippen MR) is 137 cm³/mol. The van der Waals surface area contributed by atoms with E-state index in [1.165, 1.54) is 18.5 Å². The van der Waals surface area contributed by atoms with Crippen LogP contribution in [-0.2, 0) is 23.0 Å². The summed E-state index contributed by atoms with van der Waals surface area (Å²) in [5, 5.41) is 4.71. The molecular weight excluding hydrogens is 536 g/mol. The number of hydrogen-bond donors (Lipinski definition) is 0. The number of nitrogens with zero attached hydrogens (tertiary/aromatic N) is 2. The number of para-hydroxylation sites is 1. The predicted octanol–water partition coefficient (Wildman–Crippen LogP) is 5.57. The fourth-order valence-electron chi connectivity index (χ4n) is 3.77. The van der Waals surface area contributed by atoms with Crippen molar-refractivity contribution in [3.8, 4) is 17.2 Å². The standard InChI is InChI=1S/C25H25BrN2O6S/c1-5-16-9-12-21(32-3)23(13-16)35(29,30)28(15-17-10-11-18(31-2)14-22(17)33-4)25-19-7-6-8-20(26)24(19)34-27-25/h6-14H,5,15H2,1-4H3. The van der Waals surface area contributed by atoms with Crippen LogP contribution < -0.4 is 18.5 Å². The zero-order valence-corrected chi connectivity index (χ0v) is 22.1. The van der Waals surface area contributed by atoms with Gasteiger partial charge in [0.2, 0.25) is 0 Å². The van der Waals surface area contributed by atoms with Gasteiger partial charge in [-0.3, -0.25) is 0 Å². The smallest absolute Gasteiger partial charge is 0.269 e. The van der Waals surface area contributed by atoms with E-state index in [2.05, 4.69) is 21.1 Å². The van der Waals surface area contributed by atoms with Crippen LogP contribution in [0.25, 0.3) is 11.0 Å². The van der Waals surface area contributed by atoms with Crippen LogP contribution in [0, 0.1) is 0 Å². The molecule has 0 aliphatic carbocycles. The molecule has 0 fully saturated rings. The minimum absolute atomic E-state index is 0.0398. The topological polar surface area (TPSA) is 91.1 Å². The number of rotatable bonds is 9. The average molecular weight is 561 g/mol. The van der Waals surface area contributed by atoms with Crippen molar-refractivity contribution < 1.29 is 27.2 Å². The lowest BCUT2D eigenvalue weighted by molar-refractivity contribution is 0.391. The zero-order valence-electron chi connectivity index (χ0n) is 19.7. The van der Waals surface area contributed by atoms with E-state index in [-0.39, 0.29) is 23.0 Å². The molecule has 8 nitrogen and oxygen atoms in total. The molecule has 35 heavy (non-hydrogen) atoms. The Hall–Kier alpha value is -3.24. The average Bonchev–Trinajstić information content (AvgIpc) is 3.31. The summed E-state index contributed by atoms with van der Waals surface area (Å²) >= 11 is 3.45. The van der Waals surface area contributed by atoms with E-state index in [0.717, 1.165) is 5.56 Å². The van der Waals surface area contributed by atoms with Crippen LogP contribution in [0.5, 0.6) is 17.2 Å². The molecule has 10 heteroatoms. The normalized spacial score (nSPS) is 11.5. The number of aryl methyl sites for hydroxylation is 1. The molecule has 0 spiro atoms. The molecule has 0 bridgehead atoms. The van der Waals surface area contributed by atoms with Gasteiger partial charge in [0.15, 0.2) is 11.4 Å². The Morgan fingerprint density at radius 2 is 1.74 bits per heavy atom. The third-order valence-electron chi connectivity index (χ3n) is 5.68. The van der Waals surface area contributed by atoms with Crippen molar-refractivity contribution in [2.45, 2.75) is 24.8 Å². The maximum Gasteiger partial charge on any atom is 0.269 e. The van der Waals surface area contributed by atoms with E-state index in [4.69, 9.17) is 18.7 Å². The number of halogens is 1. The molecule has 0 radical (unpaired) electrons. The first-order valence-electron chi connectivity index (χ1n) is 10.8. The van der Waals surface area contributed by atoms with Crippen LogP contribution in [0.3, 0.4) is 0 Å². The second-order valence-electron chi connectivity index (χ2n) is 7.65. The Morgan fingerprint density at radius 1 is 0.971 bits per heavy atom. The second kappa shape index (κ2) is 10.2. The first-order valence-corrected chi connectivity index (χ1v) is 13.0. The first kappa shape index (κ1) is 24.9. The van der Waals surface area contributed by atoms with Crippen molar-refractivity contribution in [2.24, 2.45) is 0 Å². The molecule has 4 aromatic rings. The van der Waals surface area contributed by atoms with Gasteiger partial charge in [-0.1, -0.05) is 24.2 Å². The van der Waals surface area contributed by atoms with Crippen molar-refractivity contribution in [2.75, 3.05) is 25.6 Å². The van der Waals surface area contributed by atoms with Crippen molar-refractivity contribution in [3.63, 3.8) is 0 Å². The van der Waals surface area contributed by atoms with Gasteiger partial charge in [-0.05, 0) is 64.3 Å². The van der Waals surface area contributed by atoms with Crippen LogP contribution in [0.1, 0.15) is 18.1 Å². The molecule has 0 aliphatic heterocycles. The summed E-state index contributed by atoms with van der Waals surface area (Å²) in [4.78, 5) is 0.0398. The maximum atomic E-state index is 14.2. The Kier molecular flexibility index (Phi) is 7.23. The summed E-state index contributed by atoms with van der Waals surface area (Å²) in [6.45, 7) is 1.89. The maximum absolute atomic E-state index is 14.2. The van der Waals surface area contributed by atoms with E-state index in [1.807, 2.05) is 13.0 Å². The molecule has 0 unspecified atom stereocenters. The molecule has 0 N–H and O–H groups in total. The van der Waals surface area contributed by atoms with Crippen molar-refractivity contribution in [3.05, 3.63) is 70.2 Å². The lowest BCUT2D eigenvalue weighted by Crippen LogP contribution is -2.31. The highest BCUT2D eigenvalue weighted by Gasteiger charge is 2.33. The quantitative estimate of drug-likeness (QED) is 0.264. The van der Waals surface area contributed by atoms with E-state index < -0.39 is 10.0 Å². The van der Waals surface area contributed by atoms with Gasteiger partial charge in [0, 0.05) is 11.6 Å². The number of methoxy groups -OCH3 is 3. The van der Waals surface area contributed by atoms with Gasteiger partial charge in [-0.15, -0.1) is 0 Å². The van der Waals surface area contributed by atoms with E-state index in [9.17, 15) is 8.42 Å². The molecule has 1 aromatic heterocycles. The highest BCUT2D eigenvalue weighted by atomic mass is 79.9. The fourth-order valence-corrected chi connectivity index (χ4v) is 5.82. The summed E-state index contributed by atoms with van der Waals surface area (Å²) in [6.07, 6.45) is 0.665. The molecule has 3 aromatic carbocycles. The largest absolute Gasteiger partial charge is 0.497 e. The van der Waals surface area contributed by atoms with Crippen molar-refractivity contribution >= 4 is 42.7 Å². The number of anilines is 1. The van der Waals surface area contributed by atoms with Gasteiger partial charge in [0.05, 0.1) is 37.7 Å². The highest BCUT2D eigenvalue weighted by molar-refractivity contribution is 9.10. The first-order chi connectivity index (χ1) is 16.8. The Balaban J connectivity index is 1.94. The lowest BCUT2D eigenvalue weighted by atomic mass is 10.2. The highest BCUT2D eigenvalue weighted by Crippen LogP contribution is 2.38. The molecule has 0 saturated carbocycles. The van der Waals surface area contributed by atoms with Gasteiger partial charge in [0.1, 0.15) is 22.1 Å². The molecule has 1 heterocycles. The summed E-state index contributed by atoms with van der Waals surface area (Å²) in [7, 11) is 0.360. The second-order valence-corrected chi connectivity index (χ2v) is 10.3. The number of aromatic nitrogens is 1. The summed E-state index contributed by atoms with van der Waals surface area (Å²) in [5.74, 6) is 1.46. The number of sulfonamides is 1. The molecule has 0 aliphatic rings. The van der Waals surface area contributed by atoms with Crippen molar-refractivity contribution in [1.29, 1.82) is 0 Å². The Morgan fingerprint density at radius 3 is 2.43 bits per heavy atom. The zero-order chi connectivity index (χ0) is 25.2. The van der Waals surface area contributed by atoms with Crippen molar-refractivity contribution in [1.82, 2.24) is 5.16 Å². The molecule has 0 atom stereocenters. The number of ether oxygens (including phenoxy) is 3. The molecule has 0 saturated heterocycles. The van der Waals surface area contributed by atoms with Crippen LogP contribution in [-0.4, -0.2) is 34.9 Å². The van der Waals surface area contributed by atoms with E-state index in [0.29, 0.717) is 38.9 Å². The molecule has 0 amide bonds. The van der Waals surface area contributed by atoms with Crippen LogP contribution >= 0.6 is 15.9 Å². The third kappa shape index (κ3) is 4.68. The van der Waals surface area contributed by atoms with Gasteiger partial charge < -0.3 is 18.7 Å². The monoisotopic (exact) mass is 560 g/mol. The van der Waals surface area contributed by atoms with E-state index in [1.54, 1.807) is 55.6 Å². The van der Waals surface area contributed by atoms with Crippen LogP contribution in [0.15, 0.2) is 68.5 Å². The summed E-state index contributed by atoms with van der Waals surface area (Å²) in [5.41, 5.74) is 1.92. The summed E-state index contributed by atoms with van der Waals surface area (Å²) in [6, 6.07) is 15.7.